The first-order chi connectivity index (χ1) is 18.4. The fourth-order valence-electron chi connectivity index (χ4n) is 3.91. The Morgan fingerprint density at radius 1 is 1.03 bits per heavy atom. The molecule has 0 bridgehead atoms. The van der Waals surface area contributed by atoms with Crippen LogP contribution in [-0.4, -0.2) is 38.5 Å². The predicted octanol–water partition coefficient (Wildman–Crippen LogP) is 2.81. The number of carbonyl (C=O) groups is 3. The Hall–Kier alpha value is -3.57. The Bertz CT molecular complexity index is 1340. The molecule has 0 aliphatic carbocycles. The minimum absolute atomic E-state index is 0.0317. The number of benzene rings is 2. The number of carbonyl (C=O) groups excluding carboxylic acids is 3. The smallest absolute Gasteiger partial charge is 0.404 e. The molecular formula is C26H31N4O7PS. The third-order valence-electron chi connectivity index (χ3n) is 5.74. The maximum absolute atomic E-state index is 13.2. The van der Waals surface area contributed by atoms with Gasteiger partial charge in [-0.15, -0.1) is 11.3 Å². The van der Waals surface area contributed by atoms with Crippen molar-refractivity contribution in [3.05, 3.63) is 81.3 Å². The summed E-state index contributed by atoms with van der Waals surface area (Å²) in [5.41, 5.74) is 7.52. The summed E-state index contributed by atoms with van der Waals surface area (Å²) < 4.78 is 15.6. The van der Waals surface area contributed by atoms with Crippen molar-refractivity contribution in [3.63, 3.8) is 0 Å². The topological polar surface area (TPSA) is 181 Å². The number of hydrogen-bond donors (Lipinski definition) is 5. The molecule has 3 amide bonds. The van der Waals surface area contributed by atoms with Gasteiger partial charge in [0.25, 0.3) is 5.91 Å². The zero-order valence-electron chi connectivity index (χ0n) is 21.5. The van der Waals surface area contributed by atoms with Gasteiger partial charge in [0.15, 0.2) is 0 Å². The van der Waals surface area contributed by atoms with Crippen LogP contribution in [0, 0.1) is 0 Å². The molecule has 0 saturated heterocycles. The molecule has 0 fully saturated rings. The molecule has 0 saturated carbocycles. The molecule has 13 heteroatoms. The van der Waals surface area contributed by atoms with Crippen molar-refractivity contribution >= 4 is 36.9 Å². The van der Waals surface area contributed by atoms with Crippen LogP contribution in [0.4, 0.5) is 0 Å². The highest BCUT2D eigenvalue weighted by Gasteiger charge is 2.26. The van der Waals surface area contributed by atoms with Gasteiger partial charge in [-0.3, -0.25) is 24.2 Å². The lowest BCUT2D eigenvalue weighted by Gasteiger charge is -2.21. The molecule has 2 aromatic carbocycles. The molecule has 208 valence electrons. The molecule has 0 aliphatic rings. The van der Waals surface area contributed by atoms with Gasteiger partial charge in [0.2, 0.25) is 11.8 Å². The average Bonchev–Trinajstić information content (AvgIpc) is 3.30. The van der Waals surface area contributed by atoms with E-state index in [0.717, 1.165) is 10.4 Å². The van der Waals surface area contributed by atoms with E-state index in [1.807, 2.05) is 37.3 Å². The third kappa shape index (κ3) is 9.29. The second-order valence-corrected chi connectivity index (χ2v) is 11.1. The molecule has 2 atom stereocenters. The van der Waals surface area contributed by atoms with Crippen LogP contribution in [-0.2, 0) is 33.4 Å². The van der Waals surface area contributed by atoms with Crippen LogP contribution in [0.15, 0.2) is 54.6 Å². The number of thiazole rings is 1. The van der Waals surface area contributed by atoms with E-state index in [4.69, 9.17) is 15.5 Å². The average molecular weight is 575 g/mol. The lowest BCUT2D eigenvalue weighted by Crippen LogP contribution is -2.48. The van der Waals surface area contributed by atoms with Crippen molar-refractivity contribution in [2.24, 2.45) is 5.73 Å². The van der Waals surface area contributed by atoms with Gasteiger partial charge in [0.1, 0.15) is 22.5 Å². The maximum Gasteiger partial charge on any atom is 0.524 e. The number of nitrogens with one attached hydrogen (secondary N) is 2. The van der Waals surface area contributed by atoms with Crippen LogP contribution >= 0.6 is 19.2 Å². The first kappa shape index (κ1) is 30.0. The minimum atomic E-state index is -4.70. The van der Waals surface area contributed by atoms with Gasteiger partial charge in [0, 0.05) is 18.2 Å². The third-order valence-corrected chi connectivity index (χ3v) is 7.41. The van der Waals surface area contributed by atoms with Crippen molar-refractivity contribution in [2.75, 3.05) is 0 Å². The number of primary amides is 1. The predicted molar refractivity (Wildman–Crippen MR) is 146 cm³/mol. The van der Waals surface area contributed by atoms with Crippen molar-refractivity contribution in [1.82, 2.24) is 15.6 Å². The Morgan fingerprint density at radius 2 is 1.69 bits per heavy atom. The number of nitrogens with zero attached hydrogens (tertiary/aromatic N) is 1. The van der Waals surface area contributed by atoms with Gasteiger partial charge in [-0.1, -0.05) is 49.4 Å². The highest BCUT2D eigenvalue weighted by molar-refractivity contribution is 7.46. The lowest BCUT2D eigenvalue weighted by molar-refractivity contribution is -0.128. The summed E-state index contributed by atoms with van der Waals surface area (Å²) >= 11 is 1.33. The molecule has 2 unspecified atom stereocenters. The number of nitrogens with two attached hydrogens (primary N) is 1. The molecule has 0 aliphatic heterocycles. The van der Waals surface area contributed by atoms with Gasteiger partial charge in [-0.2, -0.15) is 0 Å². The standard InChI is InChI=1S/C26H31N4O7PS/c1-3-20(26-30-23(24(27)32)22(39-26)14-11-17-7-5-4-6-8-17)29-25(33)21(28-16(2)31)15-18-9-12-19(13-10-18)37-38(34,35)36/h4-10,12-13,20-21H,3,11,14-15H2,1-2H3,(H2,27,32)(H,28,31)(H,29,33)(H2,34,35,36). The molecule has 11 nitrogen and oxygen atoms in total. The van der Waals surface area contributed by atoms with Crippen molar-refractivity contribution in [3.8, 4) is 5.75 Å². The van der Waals surface area contributed by atoms with Crippen molar-refractivity contribution < 1.29 is 33.3 Å². The summed E-state index contributed by atoms with van der Waals surface area (Å²) in [5.74, 6) is -1.52. The van der Waals surface area contributed by atoms with Crippen molar-refractivity contribution in [1.29, 1.82) is 0 Å². The molecule has 1 aromatic heterocycles. The summed E-state index contributed by atoms with van der Waals surface area (Å²) in [6.07, 6.45) is 1.87. The largest absolute Gasteiger partial charge is 0.524 e. The highest BCUT2D eigenvalue weighted by Crippen LogP contribution is 2.37. The maximum atomic E-state index is 13.2. The quantitative estimate of drug-likeness (QED) is 0.193. The van der Waals surface area contributed by atoms with Crippen molar-refractivity contribution in [2.45, 2.75) is 51.6 Å². The molecule has 39 heavy (non-hydrogen) atoms. The highest BCUT2D eigenvalue weighted by atomic mass is 32.1. The summed E-state index contributed by atoms with van der Waals surface area (Å²) in [5, 5.41) is 6.10. The fraction of sp³-hybridized carbons (Fsp3) is 0.308. The van der Waals surface area contributed by atoms with E-state index in [2.05, 4.69) is 20.1 Å². The number of phosphoric ester groups is 1. The SMILES string of the molecule is CCC(NC(=O)C(Cc1ccc(OP(=O)(O)O)cc1)NC(C)=O)c1nc(C(N)=O)c(CCc2ccccc2)s1. The van der Waals surface area contributed by atoms with Crippen LogP contribution < -0.4 is 20.9 Å². The number of phosphoric acid groups is 1. The summed E-state index contributed by atoms with van der Waals surface area (Å²) in [6, 6.07) is 14.2. The number of aromatic nitrogens is 1. The van der Waals surface area contributed by atoms with Gasteiger partial charge >= 0.3 is 7.82 Å². The van der Waals surface area contributed by atoms with E-state index >= 15 is 0 Å². The molecule has 6 N–H and O–H groups in total. The molecule has 3 rings (SSSR count). The van der Waals surface area contributed by atoms with Crippen LogP contribution in [0.5, 0.6) is 5.75 Å². The lowest BCUT2D eigenvalue weighted by atomic mass is 10.0. The second-order valence-electron chi connectivity index (χ2n) is 8.83. The minimum Gasteiger partial charge on any atom is -0.404 e. The van der Waals surface area contributed by atoms with E-state index in [1.54, 1.807) is 12.1 Å². The van der Waals surface area contributed by atoms with Gasteiger partial charge in [-0.25, -0.2) is 9.55 Å². The molecule has 1 heterocycles. The number of aryl methyl sites for hydroxylation is 2. The second kappa shape index (κ2) is 13.5. The van der Waals surface area contributed by atoms with E-state index in [9.17, 15) is 18.9 Å². The van der Waals surface area contributed by atoms with E-state index in [0.29, 0.717) is 29.8 Å². The van der Waals surface area contributed by atoms with Crippen LogP contribution in [0.1, 0.15) is 57.8 Å². The summed E-state index contributed by atoms with van der Waals surface area (Å²) in [4.78, 5) is 60.3. The van der Waals surface area contributed by atoms with Crippen LogP contribution in [0.25, 0.3) is 0 Å². The monoisotopic (exact) mass is 574 g/mol. The van der Waals surface area contributed by atoms with Gasteiger partial charge < -0.3 is 20.9 Å². The number of amides is 3. The zero-order valence-corrected chi connectivity index (χ0v) is 23.2. The van der Waals surface area contributed by atoms with Crippen LogP contribution in [0.3, 0.4) is 0 Å². The number of rotatable bonds is 13. The molecule has 0 spiro atoms. The molecular weight excluding hydrogens is 543 g/mol. The Balaban J connectivity index is 1.74. The first-order valence-electron chi connectivity index (χ1n) is 12.2. The normalized spacial score (nSPS) is 12.8. The first-order valence-corrected chi connectivity index (χ1v) is 14.5. The van der Waals surface area contributed by atoms with E-state index in [1.165, 1.54) is 30.4 Å². The fourth-order valence-corrected chi connectivity index (χ4v) is 5.51. The molecule has 3 aromatic rings. The summed E-state index contributed by atoms with van der Waals surface area (Å²) in [7, 11) is -4.70. The summed E-state index contributed by atoms with van der Waals surface area (Å²) in [6.45, 7) is 3.17. The van der Waals surface area contributed by atoms with Crippen LogP contribution in [0.2, 0.25) is 0 Å². The molecule has 0 radical (unpaired) electrons. The number of hydrogen-bond acceptors (Lipinski definition) is 7. The Morgan fingerprint density at radius 3 is 2.26 bits per heavy atom. The zero-order chi connectivity index (χ0) is 28.6. The van der Waals surface area contributed by atoms with Gasteiger partial charge in [0.05, 0.1) is 6.04 Å². The Kier molecular flexibility index (Phi) is 10.4. The Labute approximate surface area is 230 Å². The van der Waals surface area contributed by atoms with Gasteiger partial charge in [-0.05, 0) is 42.5 Å². The van der Waals surface area contributed by atoms with E-state index in [-0.39, 0.29) is 17.9 Å². The van der Waals surface area contributed by atoms with E-state index < -0.39 is 37.6 Å².